The molecule has 5 nitrogen and oxygen atoms in total. The number of aryl methyl sites for hydroxylation is 2. The summed E-state index contributed by atoms with van der Waals surface area (Å²) in [4.78, 5) is 18.0. The third kappa shape index (κ3) is 3.46. The Kier molecular flexibility index (Phi) is 4.57. The van der Waals surface area contributed by atoms with Gasteiger partial charge >= 0.3 is 5.69 Å². The van der Waals surface area contributed by atoms with Crippen LogP contribution in [0.15, 0.2) is 29.6 Å². The van der Waals surface area contributed by atoms with E-state index in [4.69, 9.17) is 11.6 Å². The van der Waals surface area contributed by atoms with Gasteiger partial charge in [0.2, 0.25) is 5.15 Å². The van der Waals surface area contributed by atoms with E-state index >= 15 is 0 Å². The molecule has 0 aliphatic rings. The predicted octanol–water partition coefficient (Wildman–Crippen LogP) is 3.95. The fraction of sp³-hybridized carbons (Fsp3) is 0.231. The fourth-order valence-electron chi connectivity index (χ4n) is 1.91. The molecule has 20 heavy (non-hydrogen) atoms. The maximum atomic E-state index is 11.0. The largest absolute Gasteiger partial charge is 0.338 e. The standard InChI is InChI=1S/C13H12ClN3O2S/c1-8-3-9(2)5-10(4-8)6-20-13-11(17(18)19)12(14)15-7-16-13/h3-5,7H,6H2,1-2H3. The first-order valence-electron chi connectivity index (χ1n) is 5.82. The Morgan fingerprint density at radius 3 is 2.50 bits per heavy atom. The molecule has 0 fully saturated rings. The Hall–Kier alpha value is -1.66. The van der Waals surface area contributed by atoms with Gasteiger partial charge in [0, 0.05) is 5.75 Å². The normalized spacial score (nSPS) is 10.6. The van der Waals surface area contributed by atoms with E-state index < -0.39 is 4.92 Å². The molecule has 0 saturated heterocycles. The Labute approximate surface area is 125 Å². The molecule has 0 amide bonds. The second kappa shape index (κ2) is 6.19. The van der Waals surface area contributed by atoms with E-state index in [2.05, 4.69) is 28.2 Å². The zero-order valence-corrected chi connectivity index (χ0v) is 12.5. The summed E-state index contributed by atoms with van der Waals surface area (Å²) in [5.41, 5.74) is 3.19. The lowest BCUT2D eigenvalue weighted by atomic mass is 10.1. The number of benzene rings is 1. The van der Waals surface area contributed by atoms with Crippen LogP contribution in [-0.4, -0.2) is 14.9 Å². The summed E-state index contributed by atoms with van der Waals surface area (Å²) in [6.45, 7) is 4.04. The molecule has 0 saturated carbocycles. The Morgan fingerprint density at radius 2 is 1.90 bits per heavy atom. The predicted molar refractivity (Wildman–Crippen MR) is 79.2 cm³/mol. The molecule has 0 atom stereocenters. The van der Waals surface area contributed by atoms with Crippen LogP contribution in [0, 0.1) is 24.0 Å². The van der Waals surface area contributed by atoms with E-state index in [0.717, 1.165) is 16.7 Å². The van der Waals surface area contributed by atoms with Gasteiger partial charge in [-0.3, -0.25) is 10.1 Å². The Bertz CT molecular complexity index is 644. The van der Waals surface area contributed by atoms with E-state index in [0.29, 0.717) is 5.75 Å². The van der Waals surface area contributed by atoms with Crippen molar-refractivity contribution in [3.05, 3.63) is 56.5 Å². The number of hydrogen-bond acceptors (Lipinski definition) is 5. The van der Waals surface area contributed by atoms with E-state index in [1.165, 1.54) is 18.1 Å². The molecule has 2 rings (SSSR count). The first kappa shape index (κ1) is 14.7. The third-order valence-corrected chi connectivity index (χ3v) is 3.91. The summed E-state index contributed by atoms with van der Waals surface area (Å²) in [6, 6.07) is 6.18. The lowest BCUT2D eigenvalue weighted by molar-refractivity contribution is -0.388. The van der Waals surface area contributed by atoms with Crippen molar-refractivity contribution >= 4 is 29.1 Å². The number of halogens is 1. The number of thioether (sulfide) groups is 1. The zero-order valence-electron chi connectivity index (χ0n) is 11.0. The molecule has 0 unspecified atom stereocenters. The number of nitro groups is 1. The van der Waals surface area contributed by atoms with Gasteiger partial charge in [0.05, 0.1) is 4.92 Å². The molecule has 0 N–H and O–H groups in total. The molecule has 0 aliphatic carbocycles. The highest BCUT2D eigenvalue weighted by atomic mass is 35.5. The van der Waals surface area contributed by atoms with Crippen LogP contribution in [0.5, 0.6) is 0 Å². The average Bonchev–Trinajstić information content (AvgIpc) is 2.34. The van der Waals surface area contributed by atoms with Gasteiger partial charge in [0.25, 0.3) is 0 Å². The van der Waals surface area contributed by atoms with E-state index in [9.17, 15) is 10.1 Å². The molecular weight excluding hydrogens is 298 g/mol. The van der Waals surface area contributed by atoms with Crippen molar-refractivity contribution in [3.63, 3.8) is 0 Å². The van der Waals surface area contributed by atoms with Crippen molar-refractivity contribution in [1.82, 2.24) is 9.97 Å². The van der Waals surface area contributed by atoms with Crippen LogP contribution in [0.3, 0.4) is 0 Å². The number of nitrogens with zero attached hydrogens (tertiary/aromatic N) is 3. The SMILES string of the molecule is Cc1cc(C)cc(CSc2ncnc(Cl)c2[N+](=O)[O-])c1. The highest BCUT2D eigenvalue weighted by molar-refractivity contribution is 7.98. The first-order chi connectivity index (χ1) is 9.47. The van der Waals surface area contributed by atoms with Gasteiger partial charge in [-0.25, -0.2) is 9.97 Å². The fourth-order valence-corrected chi connectivity index (χ4v) is 3.06. The van der Waals surface area contributed by atoms with Crippen LogP contribution in [0.25, 0.3) is 0 Å². The molecule has 0 spiro atoms. The minimum absolute atomic E-state index is 0.132. The molecule has 0 bridgehead atoms. The highest BCUT2D eigenvalue weighted by Gasteiger charge is 2.21. The van der Waals surface area contributed by atoms with Crippen molar-refractivity contribution in [2.45, 2.75) is 24.6 Å². The van der Waals surface area contributed by atoms with Crippen molar-refractivity contribution < 1.29 is 4.92 Å². The van der Waals surface area contributed by atoms with Crippen LogP contribution >= 0.6 is 23.4 Å². The van der Waals surface area contributed by atoms with Crippen LogP contribution in [0.4, 0.5) is 5.69 Å². The Morgan fingerprint density at radius 1 is 1.25 bits per heavy atom. The summed E-state index contributed by atoms with van der Waals surface area (Å²) in [6.07, 6.45) is 1.24. The van der Waals surface area contributed by atoms with Gasteiger partial charge in [-0.1, -0.05) is 52.7 Å². The molecule has 1 aromatic heterocycles. The molecule has 7 heteroatoms. The monoisotopic (exact) mass is 309 g/mol. The minimum Gasteiger partial charge on any atom is -0.258 e. The van der Waals surface area contributed by atoms with Crippen LogP contribution in [0.1, 0.15) is 16.7 Å². The molecule has 2 aromatic rings. The van der Waals surface area contributed by atoms with Crippen molar-refractivity contribution in [2.24, 2.45) is 0 Å². The van der Waals surface area contributed by atoms with Crippen molar-refractivity contribution in [1.29, 1.82) is 0 Å². The molecule has 0 aliphatic heterocycles. The maximum absolute atomic E-state index is 11.0. The van der Waals surface area contributed by atoms with Crippen molar-refractivity contribution in [3.8, 4) is 0 Å². The van der Waals surface area contributed by atoms with E-state index in [1.807, 2.05) is 13.8 Å². The molecular formula is C13H12ClN3O2S. The summed E-state index contributed by atoms with van der Waals surface area (Å²) < 4.78 is 0. The van der Waals surface area contributed by atoms with Gasteiger partial charge in [0.1, 0.15) is 6.33 Å². The molecule has 104 valence electrons. The number of aromatic nitrogens is 2. The smallest absolute Gasteiger partial charge is 0.258 e. The van der Waals surface area contributed by atoms with Crippen LogP contribution in [0.2, 0.25) is 5.15 Å². The van der Waals surface area contributed by atoms with Gasteiger partial charge in [-0.2, -0.15) is 0 Å². The first-order valence-corrected chi connectivity index (χ1v) is 7.18. The number of rotatable bonds is 4. The third-order valence-electron chi connectivity index (χ3n) is 2.58. The Balaban J connectivity index is 2.23. The van der Waals surface area contributed by atoms with Gasteiger partial charge in [-0.15, -0.1) is 0 Å². The summed E-state index contributed by atoms with van der Waals surface area (Å²) in [5.74, 6) is 0.594. The van der Waals surface area contributed by atoms with Gasteiger partial charge in [0.15, 0.2) is 5.03 Å². The van der Waals surface area contributed by atoms with Crippen LogP contribution < -0.4 is 0 Å². The zero-order chi connectivity index (χ0) is 14.7. The quantitative estimate of drug-likeness (QED) is 0.370. The van der Waals surface area contributed by atoms with E-state index in [1.54, 1.807) is 0 Å². The summed E-state index contributed by atoms with van der Waals surface area (Å²) >= 11 is 7.03. The van der Waals surface area contributed by atoms with Gasteiger partial charge < -0.3 is 0 Å². The van der Waals surface area contributed by atoms with Crippen LogP contribution in [-0.2, 0) is 5.75 Å². The average molecular weight is 310 g/mol. The lowest BCUT2D eigenvalue weighted by Crippen LogP contribution is -1.97. The molecule has 1 heterocycles. The second-order valence-corrected chi connectivity index (χ2v) is 5.68. The lowest BCUT2D eigenvalue weighted by Gasteiger charge is -2.05. The van der Waals surface area contributed by atoms with E-state index in [-0.39, 0.29) is 15.9 Å². The summed E-state index contributed by atoms with van der Waals surface area (Å²) in [5, 5.41) is 11.1. The number of hydrogen-bond donors (Lipinski definition) is 0. The topological polar surface area (TPSA) is 68.9 Å². The van der Waals surface area contributed by atoms with Gasteiger partial charge in [-0.05, 0) is 19.4 Å². The molecule has 0 radical (unpaired) electrons. The minimum atomic E-state index is -0.549. The second-order valence-electron chi connectivity index (χ2n) is 4.36. The summed E-state index contributed by atoms with van der Waals surface area (Å²) in [7, 11) is 0. The molecule has 1 aromatic carbocycles. The van der Waals surface area contributed by atoms with Crippen molar-refractivity contribution in [2.75, 3.05) is 0 Å². The maximum Gasteiger partial charge on any atom is 0.338 e. The highest BCUT2D eigenvalue weighted by Crippen LogP contribution is 2.33.